The van der Waals surface area contributed by atoms with Gasteiger partial charge in [0.15, 0.2) is 0 Å². The number of anilines is 1. The average molecular weight is 348 g/mol. The number of rotatable bonds is 5. The fraction of sp³-hybridized carbons (Fsp3) is 0.611. The number of nitrogens with two attached hydrogens (primary N) is 1. The van der Waals surface area contributed by atoms with E-state index in [9.17, 15) is 9.59 Å². The van der Waals surface area contributed by atoms with Gasteiger partial charge in [-0.05, 0) is 31.4 Å². The maximum absolute atomic E-state index is 12.4. The van der Waals surface area contributed by atoms with Gasteiger partial charge in [-0.25, -0.2) is 9.78 Å². The summed E-state index contributed by atoms with van der Waals surface area (Å²) in [6.45, 7) is 8.87. The first-order valence-electron chi connectivity index (χ1n) is 8.86. The minimum atomic E-state index is -0.450. The first-order valence-corrected chi connectivity index (χ1v) is 8.86. The summed E-state index contributed by atoms with van der Waals surface area (Å²) in [6.07, 6.45) is 2.40. The number of hydrogen-bond donors (Lipinski definition) is 1. The van der Waals surface area contributed by atoms with Crippen LogP contribution in [0.25, 0.3) is 0 Å². The molecule has 1 aliphatic heterocycles. The summed E-state index contributed by atoms with van der Waals surface area (Å²) in [5, 5.41) is 0. The van der Waals surface area contributed by atoms with Crippen molar-refractivity contribution in [1.29, 1.82) is 0 Å². The quantitative estimate of drug-likeness (QED) is 0.807. The highest BCUT2D eigenvalue weighted by atomic mass is 16.5. The van der Waals surface area contributed by atoms with Crippen LogP contribution in [0.4, 0.5) is 5.82 Å². The molecule has 1 fully saturated rings. The molecule has 0 bridgehead atoms. The van der Waals surface area contributed by atoms with Crippen LogP contribution < -0.4 is 10.6 Å². The van der Waals surface area contributed by atoms with Crippen molar-refractivity contribution in [2.75, 3.05) is 37.7 Å². The van der Waals surface area contributed by atoms with Crippen molar-refractivity contribution in [3.63, 3.8) is 0 Å². The zero-order valence-electron chi connectivity index (χ0n) is 15.3. The van der Waals surface area contributed by atoms with Crippen LogP contribution in [0.3, 0.4) is 0 Å². The third-order valence-electron chi connectivity index (χ3n) is 4.39. The van der Waals surface area contributed by atoms with Gasteiger partial charge in [0.05, 0.1) is 18.2 Å². The Labute approximate surface area is 149 Å². The van der Waals surface area contributed by atoms with Crippen LogP contribution in [0.1, 0.15) is 37.6 Å². The number of pyridine rings is 1. The van der Waals surface area contributed by atoms with Crippen LogP contribution in [0.2, 0.25) is 0 Å². The molecular formula is C18H28N4O3. The van der Waals surface area contributed by atoms with Gasteiger partial charge < -0.3 is 20.3 Å². The molecule has 1 aliphatic rings. The second kappa shape index (κ2) is 8.80. The van der Waals surface area contributed by atoms with Crippen molar-refractivity contribution in [3.8, 4) is 0 Å². The largest absolute Gasteiger partial charge is 0.462 e. The molecule has 1 atom stereocenters. The Hall–Kier alpha value is -2.15. The number of hydrogen-bond acceptors (Lipinski definition) is 6. The Balaban J connectivity index is 1.98. The number of carbonyl (C=O) groups excluding carboxylic acids is 2. The van der Waals surface area contributed by atoms with Gasteiger partial charge in [0.1, 0.15) is 5.82 Å². The van der Waals surface area contributed by atoms with Gasteiger partial charge >= 0.3 is 5.97 Å². The molecule has 2 rings (SSSR count). The Morgan fingerprint density at radius 3 is 2.60 bits per heavy atom. The fourth-order valence-corrected chi connectivity index (χ4v) is 2.77. The van der Waals surface area contributed by atoms with Gasteiger partial charge in [-0.15, -0.1) is 0 Å². The minimum Gasteiger partial charge on any atom is -0.462 e. The minimum absolute atomic E-state index is 0.0162. The molecule has 0 radical (unpaired) electrons. The predicted molar refractivity (Wildman–Crippen MR) is 96.4 cm³/mol. The van der Waals surface area contributed by atoms with Gasteiger partial charge in [0.2, 0.25) is 5.91 Å². The van der Waals surface area contributed by atoms with E-state index in [1.165, 1.54) is 6.20 Å². The molecule has 0 aromatic carbocycles. The summed E-state index contributed by atoms with van der Waals surface area (Å²) in [5.41, 5.74) is 6.44. The van der Waals surface area contributed by atoms with E-state index in [2.05, 4.69) is 9.88 Å². The lowest BCUT2D eigenvalue weighted by Gasteiger charge is -2.26. The molecule has 0 saturated carbocycles. The molecule has 0 aliphatic carbocycles. The van der Waals surface area contributed by atoms with Crippen molar-refractivity contribution >= 4 is 17.7 Å². The van der Waals surface area contributed by atoms with E-state index in [0.717, 1.165) is 18.8 Å². The van der Waals surface area contributed by atoms with Gasteiger partial charge in [-0.2, -0.15) is 0 Å². The molecule has 1 saturated heterocycles. The average Bonchev–Trinajstić information content (AvgIpc) is 2.87. The summed E-state index contributed by atoms with van der Waals surface area (Å²) < 4.78 is 4.97. The summed E-state index contributed by atoms with van der Waals surface area (Å²) in [5.74, 6) is 0.582. The highest BCUT2D eigenvalue weighted by Crippen LogP contribution is 2.16. The van der Waals surface area contributed by atoms with Gasteiger partial charge in [-0.3, -0.25) is 4.79 Å². The topological polar surface area (TPSA) is 88.8 Å². The molecule has 138 valence electrons. The van der Waals surface area contributed by atoms with Crippen LogP contribution in [0, 0.1) is 5.92 Å². The Kier molecular flexibility index (Phi) is 6.75. The second-order valence-corrected chi connectivity index (χ2v) is 6.56. The Bertz CT molecular complexity index is 588. The molecule has 25 heavy (non-hydrogen) atoms. The number of carbonyl (C=O) groups is 2. The number of amides is 1. The van der Waals surface area contributed by atoms with Crippen molar-refractivity contribution in [3.05, 3.63) is 23.9 Å². The van der Waals surface area contributed by atoms with E-state index >= 15 is 0 Å². The third kappa shape index (κ3) is 4.92. The van der Waals surface area contributed by atoms with E-state index in [1.54, 1.807) is 13.0 Å². The molecular weight excluding hydrogens is 320 g/mol. The lowest BCUT2D eigenvalue weighted by molar-refractivity contribution is -0.133. The van der Waals surface area contributed by atoms with Crippen molar-refractivity contribution in [1.82, 2.24) is 9.88 Å². The van der Waals surface area contributed by atoms with Crippen LogP contribution in [-0.2, 0) is 9.53 Å². The molecule has 1 aromatic rings. The highest BCUT2D eigenvalue weighted by molar-refractivity contribution is 5.89. The zero-order valence-corrected chi connectivity index (χ0v) is 15.3. The van der Waals surface area contributed by atoms with Crippen LogP contribution in [0.5, 0.6) is 0 Å². The summed E-state index contributed by atoms with van der Waals surface area (Å²) in [6, 6.07) is 3.10. The van der Waals surface area contributed by atoms with Crippen LogP contribution >= 0.6 is 0 Å². The summed E-state index contributed by atoms with van der Waals surface area (Å²) in [7, 11) is 0. The first kappa shape index (κ1) is 19.2. The van der Waals surface area contributed by atoms with E-state index in [4.69, 9.17) is 10.5 Å². The number of nitrogens with zero attached hydrogens (tertiary/aromatic N) is 3. The normalized spacial score (nSPS) is 16.5. The third-order valence-corrected chi connectivity index (χ3v) is 4.39. The number of ether oxygens (including phenoxy) is 1. The van der Waals surface area contributed by atoms with Crippen molar-refractivity contribution in [2.45, 2.75) is 33.2 Å². The second-order valence-electron chi connectivity index (χ2n) is 6.56. The molecule has 1 amide bonds. The first-order chi connectivity index (χ1) is 11.9. The molecule has 0 spiro atoms. The van der Waals surface area contributed by atoms with E-state index < -0.39 is 6.04 Å². The monoisotopic (exact) mass is 348 g/mol. The smallest absolute Gasteiger partial charge is 0.339 e. The van der Waals surface area contributed by atoms with Crippen LogP contribution in [-0.4, -0.2) is 60.6 Å². The van der Waals surface area contributed by atoms with Crippen LogP contribution in [0.15, 0.2) is 18.3 Å². The molecule has 2 N–H and O–H groups in total. The van der Waals surface area contributed by atoms with E-state index in [0.29, 0.717) is 31.8 Å². The zero-order chi connectivity index (χ0) is 18.4. The maximum Gasteiger partial charge on any atom is 0.339 e. The lowest BCUT2D eigenvalue weighted by atomic mass is 10.0. The van der Waals surface area contributed by atoms with Gasteiger partial charge in [-0.1, -0.05) is 13.8 Å². The molecule has 2 heterocycles. The number of esters is 1. The molecule has 7 heteroatoms. The Morgan fingerprint density at radius 2 is 2.00 bits per heavy atom. The van der Waals surface area contributed by atoms with E-state index in [-0.39, 0.29) is 17.8 Å². The SMILES string of the molecule is CCOC(=O)c1ccc(N2CCCN(C(=O)[C@@H](N)C(C)C)CC2)nc1. The lowest BCUT2D eigenvalue weighted by Crippen LogP contribution is -2.47. The van der Waals surface area contributed by atoms with Gasteiger partial charge in [0, 0.05) is 32.4 Å². The molecule has 1 aromatic heterocycles. The predicted octanol–water partition coefficient (Wildman–Crippen LogP) is 1.28. The highest BCUT2D eigenvalue weighted by Gasteiger charge is 2.25. The van der Waals surface area contributed by atoms with Crippen molar-refractivity contribution in [2.24, 2.45) is 11.7 Å². The standard InChI is InChI=1S/C18H28N4O3/c1-4-25-18(24)14-6-7-15(20-12-14)21-8-5-9-22(11-10-21)17(23)16(19)13(2)3/h6-7,12-13,16H,4-5,8-11,19H2,1-3H3/t16-/m0/s1. The van der Waals surface area contributed by atoms with E-state index in [1.807, 2.05) is 24.8 Å². The molecule has 7 nitrogen and oxygen atoms in total. The Morgan fingerprint density at radius 1 is 1.24 bits per heavy atom. The fourth-order valence-electron chi connectivity index (χ4n) is 2.77. The van der Waals surface area contributed by atoms with Crippen molar-refractivity contribution < 1.29 is 14.3 Å². The summed E-state index contributed by atoms with van der Waals surface area (Å²) >= 11 is 0. The number of aromatic nitrogens is 1. The summed E-state index contributed by atoms with van der Waals surface area (Å²) in [4.78, 5) is 32.5. The maximum atomic E-state index is 12.4. The van der Waals surface area contributed by atoms with Gasteiger partial charge in [0.25, 0.3) is 0 Å². The molecule has 0 unspecified atom stereocenters.